The summed E-state index contributed by atoms with van der Waals surface area (Å²) in [5.41, 5.74) is 2.66. The van der Waals surface area contributed by atoms with Gasteiger partial charge in [-0.3, -0.25) is 4.90 Å². The molecule has 1 N–H and O–H groups in total. The molecule has 0 unspecified atom stereocenters. The van der Waals surface area contributed by atoms with Crippen LogP contribution in [0, 0.1) is 5.92 Å². The molecule has 3 heteroatoms. The summed E-state index contributed by atoms with van der Waals surface area (Å²) < 4.78 is 5.54. The Hall–Kier alpha value is -1.06. The Morgan fingerprint density at radius 3 is 2.67 bits per heavy atom. The van der Waals surface area contributed by atoms with Gasteiger partial charge in [-0.2, -0.15) is 0 Å². The zero-order chi connectivity index (χ0) is 15.2. The lowest BCUT2D eigenvalue weighted by Gasteiger charge is -2.24. The maximum absolute atomic E-state index is 5.54. The highest BCUT2D eigenvalue weighted by molar-refractivity contribution is 5.37. The molecule has 0 heterocycles. The van der Waals surface area contributed by atoms with Crippen molar-refractivity contribution in [1.29, 1.82) is 0 Å². The molecular weight excluding hydrogens is 260 g/mol. The first-order valence-electron chi connectivity index (χ1n) is 8.23. The van der Waals surface area contributed by atoms with Gasteiger partial charge in [0.15, 0.2) is 0 Å². The molecule has 0 spiro atoms. The normalized spacial score (nSPS) is 15.0. The summed E-state index contributed by atoms with van der Waals surface area (Å²) in [4.78, 5) is 2.49. The van der Waals surface area contributed by atoms with Gasteiger partial charge in [0.2, 0.25) is 0 Å². The lowest BCUT2D eigenvalue weighted by molar-refractivity contribution is 0.244. The first-order valence-corrected chi connectivity index (χ1v) is 8.23. The molecular formula is C18H30N2O. The van der Waals surface area contributed by atoms with E-state index in [9.17, 15) is 0 Å². The SMILES string of the molecule is CCN(Cc1cc(CNC2CC2)ccc1OC)CC(C)C. The van der Waals surface area contributed by atoms with Gasteiger partial charge in [-0.05, 0) is 43.0 Å². The van der Waals surface area contributed by atoms with Gasteiger partial charge in [-0.1, -0.05) is 26.8 Å². The van der Waals surface area contributed by atoms with Gasteiger partial charge < -0.3 is 10.1 Å². The van der Waals surface area contributed by atoms with Gasteiger partial charge >= 0.3 is 0 Å². The molecule has 0 aliphatic heterocycles. The van der Waals surface area contributed by atoms with Crippen LogP contribution < -0.4 is 10.1 Å². The fraction of sp³-hybridized carbons (Fsp3) is 0.667. The molecule has 0 aromatic heterocycles. The van der Waals surface area contributed by atoms with Crippen LogP contribution in [0.5, 0.6) is 5.75 Å². The van der Waals surface area contributed by atoms with E-state index in [0.29, 0.717) is 5.92 Å². The number of ether oxygens (including phenoxy) is 1. The van der Waals surface area contributed by atoms with Crippen molar-refractivity contribution in [2.24, 2.45) is 5.92 Å². The maximum atomic E-state index is 5.54. The van der Waals surface area contributed by atoms with Crippen molar-refractivity contribution in [2.75, 3.05) is 20.2 Å². The highest BCUT2D eigenvalue weighted by Gasteiger charge is 2.20. The molecule has 0 radical (unpaired) electrons. The van der Waals surface area contributed by atoms with Gasteiger partial charge in [0.1, 0.15) is 5.75 Å². The minimum Gasteiger partial charge on any atom is -0.496 e. The number of nitrogens with zero attached hydrogens (tertiary/aromatic N) is 1. The predicted octanol–water partition coefficient (Wildman–Crippen LogP) is 3.43. The van der Waals surface area contributed by atoms with Gasteiger partial charge in [0.25, 0.3) is 0 Å². The quantitative estimate of drug-likeness (QED) is 0.754. The fourth-order valence-corrected chi connectivity index (χ4v) is 2.68. The van der Waals surface area contributed by atoms with E-state index in [1.165, 1.54) is 24.0 Å². The van der Waals surface area contributed by atoms with Crippen LogP contribution >= 0.6 is 0 Å². The zero-order valence-corrected chi connectivity index (χ0v) is 14.0. The van der Waals surface area contributed by atoms with Crippen LogP contribution in [0.15, 0.2) is 18.2 Å². The number of nitrogens with one attached hydrogen (secondary N) is 1. The molecule has 1 fully saturated rings. The minimum absolute atomic E-state index is 0.690. The third-order valence-electron chi connectivity index (χ3n) is 3.98. The molecule has 21 heavy (non-hydrogen) atoms. The van der Waals surface area contributed by atoms with E-state index in [2.05, 4.69) is 49.2 Å². The van der Waals surface area contributed by atoms with Crippen LogP contribution in [-0.2, 0) is 13.1 Å². The third kappa shape index (κ3) is 5.33. The lowest BCUT2D eigenvalue weighted by Crippen LogP contribution is -2.27. The number of hydrogen-bond donors (Lipinski definition) is 1. The third-order valence-corrected chi connectivity index (χ3v) is 3.98. The van der Waals surface area contributed by atoms with Crippen molar-refractivity contribution in [2.45, 2.75) is 52.7 Å². The number of hydrogen-bond acceptors (Lipinski definition) is 3. The molecule has 1 aliphatic rings. The molecule has 1 aliphatic carbocycles. The molecule has 0 atom stereocenters. The predicted molar refractivity (Wildman–Crippen MR) is 88.6 cm³/mol. The van der Waals surface area contributed by atoms with Crippen LogP contribution in [0.25, 0.3) is 0 Å². The van der Waals surface area contributed by atoms with Crippen LogP contribution in [0.4, 0.5) is 0 Å². The monoisotopic (exact) mass is 290 g/mol. The van der Waals surface area contributed by atoms with Gasteiger partial charge in [-0.15, -0.1) is 0 Å². The molecule has 1 aromatic rings. The summed E-state index contributed by atoms with van der Waals surface area (Å²) in [6.45, 7) is 10.9. The number of rotatable bonds is 9. The maximum Gasteiger partial charge on any atom is 0.123 e. The Morgan fingerprint density at radius 1 is 1.33 bits per heavy atom. The van der Waals surface area contributed by atoms with Crippen LogP contribution in [0.2, 0.25) is 0 Å². The highest BCUT2D eigenvalue weighted by atomic mass is 16.5. The highest BCUT2D eigenvalue weighted by Crippen LogP contribution is 2.23. The van der Waals surface area contributed by atoms with Gasteiger partial charge in [-0.25, -0.2) is 0 Å². The molecule has 3 nitrogen and oxygen atoms in total. The molecule has 1 saturated carbocycles. The second-order valence-electron chi connectivity index (χ2n) is 6.52. The van der Waals surface area contributed by atoms with Gasteiger partial charge in [0.05, 0.1) is 7.11 Å². The number of benzene rings is 1. The van der Waals surface area contributed by atoms with E-state index in [1.54, 1.807) is 7.11 Å². The second kappa shape index (κ2) is 7.81. The summed E-state index contributed by atoms with van der Waals surface area (Å²) in [5.74, 6) is 1.70. The molecule has 2 rings (SSSR count). The lowest BCUT2D eigenvalue weighted by atomic mass is 10.1. The minimum atomic E-state index is 0.690. The van der Waals surface area contributed by atoms with Crippen LogP contribution in [-0.4, -0.2) is 31.1 Å². The Labute approximate surface area is 129 Å². The Bertz CT molecular complexity index is 441. The van der Waals surface area contributed by atoms with Crippen molar-refractivity contribution < 1.29 is 4.74 Å². The summed E-state index contributed by atoms with van der Waals surface area (Å²) in [5, 5.41) is 3.58. The molecule has 0 amide bonds. The van der Waals surface area contributed by atoms with E-state index in [0.717, 1.165) is 38.0 Å². The molecule has 0 bridgehead atoms. The zero-order valence-electron chi connectivity index (χ0n) is 14.0. The Balaban J connectivity index is 2.04. The van der Waals surface area contributed by atoms with E-state index in [1.807, 2.05) is 0 Å². The summed E-state index contributed by atoms with van der Waals surface area (Å²) in [6, 6.07) is 7.35. The standard InChI is InChI=1S/C18H30N2O/c1-5-20(12-14(2)3)13-16-10-15(6-9-18(16)21-4)11-19-17-7-8-17/h6,9-10,14,17,19H,5,7-8,11-13H2,1-4H3. The average Bonchev–Trinajstić information content (AvgIpc) is 3.28. The van der Waals surface area contributed by atoms with Crippen LogP contribution in [0.3, 0.4) is 0 Å². The van der Waals surface area contributed by atoms with Crippen molar-refractivity contribution in [3.05, 3.63) is 29.3 Å². The molecule has 118 valence electrons. The summed E-state index contributed by atoms with van der Waals surface area (Å²) in [6.07, 6.45) is 2.67. The first-order chi connectivity index (χ1) is 10.1. The van der Waals surface area contributed by atoms with E-state index < -0.39 is 0 Å². The fourth-order valence-electron chi connectivity index (χ4n) is 2.68. The van der Waals surface area contributed by atoms with Crippen LogP contribution in [0.1, 0.15) is 44.7 Å². The van der Waals surface area contributed by atoms with Gasteiger partial charge in [0, 0.05) is 31.2 Å². The van der Waals surface area contributed by atoms with Crippen molar-refractivity contribution in [3.63, 3.8) is 0 Å². The first kappa shape index (κ1) is 16.3. The van der Waals surface area contributed by atoms with E-state index in [-0.39, 0.29) is 0 Å². The number of methoxy groups -OCH3 is 1. The molecule has 1 aromatic carbocycles. The van der Waals surface area contributed by atoms with E-state index in [4.69, 9.17) is 4.74 Å². The van der Waals surface area contributed by atoms with Crippen molar-refractivity contribution in [3.8, 4) is 5.75 Å². The molecule has 0 saturated heterocycles. The Morgan fingerprint density at radius 2 is 2.10 bits per heavy atom. The largest absolute Gasteiger partial charge is 0.496 e. The van der Waals surface area contributed by atoms with Crippen molar-refractivity contribution >= 4 is 0 Å². The van der Waals surface area contributed by atoms with E-state index >= 15 is 0 Å². The van der Waals surface area contributed by atoms with Crippen molar-refractivity contribution in [1.82, 2.24) is 10.2 Å². The second-order valence-corrected chi connectivity index (χ2v) is 6.52. The summed E-state index contributed by atoms with van der Waals surface area (Å²) in [7, 11) is 1.76. The Kier molecular flexibility index (Phi) is 6.07. The average molecular weight is 290 g/mol. The summed E-state index contributed by atoms with van der Waals surface area (Å²) >= 11 is 0. The topological polar surface area (TPSA) is 24.5 Å². The smallest absolute Gasteiger partial charge is 0.123 e.